The molecule has 0 radical (unpaired) electrons. The van der Waals surface area contributed by atoms with Gasteiger partial charge in [0.15, 0.2) is 0 Å². The fourth-order valence-corrected chi connectivity index (χ4v) is 1.49. The smallest absolute Gasteiger partial charge is 0.297 e. The lowest BCUT2D eigenvalue weighted by Crippen LogP contribution is -2.35. The zero-order valence-electron chi connectivity index (χ0n) is 7.72. The molecule has 0 unspecified atom stereocenters. The Morgan fingerprint density at radius 2 is 1.92 bits per heavy atom. The highest BCUT2D eigenvalue weighted by Gasteiger charge is 2.13. The third kappa shape index (κ3) is 1.67. The molecule has 1 N–H and O–H groups in total. The zero-order chi connectivity index (χ0) is 10.2. The van der Waals surface area contributed by atoms with Crippen LogP contribution in [0, 0.1) is 0 Å². The second kappa shape index (κ2) is 3.38. The highest BCUT2D eigenvalue weighted by Crippen LogP contribution is 2.15. The van der Waals surface area contributed by atoms with Crippen LogP contribution >= 0.6 is 11.6 Å². The number of nitrogens with zero attached hydrogens (tertiary/aromatic N) is 1. The molecule has 0 aromatic carbocycles. The van der Waals surface area contributed by atoms with Crippen LogP contribution in [0.3, 0.4) is 0 Å². The minimum atomic E-state index is -0.487. The summed E-state index contributed by atoms with van der Waals surface area (Å²) < 4.78 is 1.02. The van der Waals surface area contributed by atoms with Crippen molar-refractivity contribution < 1.29 is 0 Å². The molecule has 4 nitrogen and oxygen atoms in total. The van der Waals surface area contributed by atoms with Gasteiger partial charge in [-0.3, -0.25) is 14.3 Å². The summed E-state index contributed by atoms with van der Waals surface area (Å²) in [6.45, 7) is 3.70. The van der Waals surface area contributed by atoms with Crippen LogP contribution in [0.25, 0.3) is 0 Å². The first-order chi connectivity index (χ1) is 5.95. The zero-order valence-corrected chi connectivity index (χ0v) is 8.47. The van der Waals surface area contributed by atoms with E-state index in [1.54, 1.807) is 0 Å². The molecule has 0 saturated heterocycles. The van der Waals surface area contributed by atoms with Crippen molar-refractivity contribution in [2.24, 2.45) is 7.05 Å². The van der Waals surface area contributed by atoms with Gasteiger partial charge in [-0.15, -0.1) is 0 Å². The van der Waals surface area contributed by atoms with E-state index < -0.39 is 5.69 Å². The Hall–Kier alpha value is -1.03. The van der Waals surface area contributed by atoms with E-state index in [0.29, 0.717) is 5.56 Å². The maximum Gasteiger partial charge on any atom is 0.329 e. The molecule has 1 rings (SSSR count). The summed E-state index contributed by atoms with van der Waals surface area (Å²) >= 11 is 5.73. The summed E-state index contributed by atoms with van der Waals surface area (Å²) in [7, 11) is 1.42. The fraction of sp³-hybridized carbons (Fsp3) is 0.500. The number of rotatable bonds is 1. The molecule has 13 heavy (non-hydrogen) atoms. The van der Waals surface area contributed by atoms with Gasteiger partial charge in [-0.2, -0.15) is 0 Å². The molecule has 0 fully saturated rings. The van der Waals surface area contributed by atoms with E-state index in [1.807, 2.05) is 13.8 Å². The number of halogens is 1. The van der Waals surface area contributed by atoms with Gasteiger partial charge in [0.05, 0.1) is 5.56 Å². The van der Waals surface area contributed by atoms with Crippen LogP contribution in [-0.2, 0) is 7.05 Å². The predicted molar refractivity (Wildman–Crippen MR) is 51.4 cm³/mol. The minimum Gasteiger partial charge on any atom is -0.297 e. The van der Waals surface area contributed by atoms with Gasteiger partial charge in [0.25, 0.3) is 5.56 Å². The standard InChI is InChI=1S/C8H11ClN2O2/c1-4(2)5-6(9)10-8(13)11(3)7(5)12/h4H,1-3H3,(H,10,13). The Labute approximate surface area is 80.2 Å². The maximum absolute atomic E-state index is 11.5. The summed E-state index contributed by atoms with van der Waals surface area (Å²) in [5.74, 6) is 0.00282. The third-order valence-corrected chi connectivity index (χ3v) is 2.17. The van der Waals surface area contributed by atoms with Crippen LogP contribution in [0.2, 0.25) is 5.15 Å². The topological polar surface area (TPSA) is 54.9 Å². The lowest BCUT2D eigenvalue weighted by molar-refractivity contribution is 0.724. The van der Waals surface area contributed by atoms with Crippen molar-refractivity contribution in [1.29, 1.82) is 0 Å². The molecule has 0 aliphatic rings. The molecule has 1 aromatic heterocycles. The molecule has 72 valence electrons. The average molecular weight is 203 g/mol. The van der Waals surface area contributed by atoms with E-state index >= 15 is 0 Å². The lowest BCUT2D eigenvalue weighted by Gasteiger charge is -2.07. The van der Waals surface area contributed by atoms with Gasteiger partial charge in [-0.05, 0) is 5.92 Å². The average Bonchev–Trinajstić information content (AvgIpc) is 1.99. The number of nitrogens with one attached hydrogen (secondary N) is 1. The molecule has 0 aliphatic carbocycles. The Morgan fingerprint density at radius 3 is 2.38 bits per heavy atom. The van der Waals surface area contributed by atoms with E-state index in [-0.39, 0.29) is 16.6 Å². The third-order valence-electron chi connectivity index (χ3n) is 1.87. The van der Waals surface area contributed by atoms with Gasteiger partial charge in [0.2, 0.25) is 0 Å². The van der Waals surface area contributed by atoms with Crippen LogP contribution < -0.4 is 11.2 Å². The molecule has 5 heteroatoms. The largest absolute Gasteiger partial charge is 0.329 e. The number of aromatic nitrogens is 2. The van der Waals surface area contributed by atoms with Gasteiger partial charge >= 0.3 is 5.69 Å². The molecular weight excluding hydrogens is 192 g/mol. The molecule has 0 saturated carbocycles. The van der Waals surface area contributed by atoms with Crippen molar-refractivity contribution in [3.63, 3.8) is 0 Å². The number of hydrogen-bond donors (Lipinski definition) is 1. The van der Waals surface area contributed by atoms with Crippen molar-refractivity contribution in [3.05, 3.63) is 31.6 Å². The monoisotopic (exact) mass is 202 g/mol. The molecule has 1 heterocycles. The van der Waals surface area contributed by atoms with Gasteiger partial charge in [-0.25, -0.2) is 4.79 Å². The number of H-pyrrole nitrogens is 1. The maximum atomic E-state index is 11.5. The molecule has 0 atom stereocenters. The van der Waals surface area contributed by atoms with Gasteiger partial charge in [0, 0.05) is 7.05 Å². The molecule has 1 aromatic rings. The summed E-state index contributed by atoms with van der Waals surface area (Å²) in [4.78, 5) is 25.0. The van der Waals surface area contributed by atoms with Gasteiger partial charge in [-0.1, -0.05) is 25.4 Å². The fourth-order valence-electron chi connectivity index (χ4n) is 1.11. The first-order valence-electron chi connectivity index (χ1n) is 3.94. The quantitative estimate of drug-likeness (QED) is 0.687. The SMILES string of the molecule is CC(C)c1c(Cl)[nH]c(=O)n(C)c1=O. The highest BCUT2D eigenvalue weighted by molar-refractivity contribution is 6.30. The first-order valence-corrected chi connectivity index (χ1v) is 4.31. The first kappa shape index (κ1) is 10.1. The Bertz CT molecular complexity index is 431. The molecular formula is C8H11ClN2O2. The highest BCUT2D eigenvalue weighted by atomic mass is 35.5. The van der Waals surface area contributed by atoms with Crippen LogP contribution in [0.4, 0.5) is 0 Å². The normalized spacial score (nSPS) is 10.8. The van der Waals surface area contributed by atoms with E-state index in [2.05, 4.69) is 4.98 Å². The Morgan fingerprint density at radius 1 is 1.38 bits per heavy atom. The van der Waals surface area contributed by atoms with Crippen molar-refractivity contribution in [3.8, 4) is 0 Å². The van der Waals surface area contributed by atoms with Crippen LogP contribution in [0.1, 0.15) is 25.3 Å². The lowest BCUT2D eigenvalue weighted by atomic mass is 10.1. The van der Waals surface area contributed by atoms with Gasteiger partial charge < -0.3 is 0 Å². The van der Waals surface area contributed by atoms with Crippen molar-refractivity contribution in [2.45, 2.75) is 19.8 Å². The number of hydrogen-bond acceptors (Lipinski definition) is 2. The van der Waals surface area contributed by atoms with Crippen molar-refractivity contribution in [1.82, 2.24) is 9.55 Å². The van der Waals surface area contributed by atoms with E-state index in [0.717, 1.165) is 4.57 Å². The van der Waals surface area contributed by atoms with Crippen LogP contribution in [-0.4, -0.2) is 9.55 Å². The van der Waals surface area contributed by atoms with Gasteiger partial charge in [0.1, 0.15) is 5.15 Å². The number of aromatic amines is 1. The molecule has 0 spiro atoms. The van der Waals surface area contributed by atoms with Crippen molar-refractivity contribution >= 4 is 11.6 Å². The van der Waals surface area contributed by atoms with Crippen LogP contribution in [0.15, 0.2) is 9.59 Å². The second-order valence-electron chi connectivity index (χ2n) is 3.18. The molecule has 0 bridgehead atoms. The second-order valence-corrected chi connectivity index (χ2v) is 3.55. The summed E-state index contributed by atoms with van der Waals surface area (Å²) in [5, 5.41) is 0.142. The summed E-state index contributed by atoms with van der Waals surface area (Å²) in [6, 6.07) is 0. The molecule has 0 aliphatic heterocycles. The van der Waals surface area contributed by atoms with E-state index in [1.165, 1.54) is 7.05 Å². The predicted octanol–water partition coefficient (Wildman–Crippen LogP) is 0.850. The summed E-state index contributed by atoms with van der Waals surface area (Å²) in [5.41, 5.74) is -0.369. The Kier molecular flexibility index (Phi) is 2.61. The van der Waals surface area contributed by atoms with E-state index in [4.69, 9.17) is 11.6 Å². The molecule has 0 amide bonds. The minimum absolute atomic E-state index is 0.00282. The van der Waals surface area contributed by atoms with Crippen LogP contribution in [0.5, 0.6) is 0 Å². The van der Waals surface area contributed by atoms with E-state index in [9.17, 15) is 9.59 Å². The Balaban J connectivity index is 3.64. The summed E-state index contributed by atoms with van der Waals surface area (Å²) in [6.07, 6.45) is 0. The van der Waals surface area contributed by atoms with Crippen molar-refractivity contribution in [2.75, 3.05) is 0 Å².